The topological polar surface area (TPSA) is 84.0 Å². The molecule has 1 aromatic rings. The highest BCUT2D eigenvalue weighted by atomic mass is 32.2. The van der Waals surface area contributed by atoms with Crippen molar-refractivity contribution in [3.8, 4) is 0 Å². The number of rotatable bonds is 3. The molecule has 2 fully saturated rings. The first-order valence-electron chi connectivity index (χ1n) is 8.95. The molecule has 7 nitrogen and oxygen atoms in total. The van der Waals surface area contributed by atoms with Crippen molar-refractivity contribution in [2.24, 2.45) is 0 Å². The lowest BCUT2D eigenvalue weighted by Crippen LogP contribution is -2.52. The summed E-state index contributed by atoms with van der Waals surface area (Å²) in [5.74, 6) is 0.0998. The molecule has 0 aliphatic carbocycles. The van der Waals surface area contributed by atoms with Gasteiger partial charge in [-0.2, -0.15) is 0 Å². The van der Waals surface area contributed by atoms with Gasteiger partial charge in [-0.1, -0.05) is 18.2 Å². The first kappa shape index (κ1) is 17.5. The van der Waals surface area contributed by atoms with Crippen LogP contribution in [0.4, 0.5) is 0 Å². The van der Waals surface area contributed by atoms with Crippen LogP contribution >= 0.6 is 0 Å². The van der Waals surface area contributed by atoms with Gasteiger partial charge in [-0.25, -0.2) is 13.2 Å². The summed E-state index contributed by atoms with van der Waals surface area (Å²) in [5.41, 5.74) is 1.32. The van der Waals surface area contributed by atoms with Gasteiger partial charge in [-0.15, -0.1) is 0 Å². The van der Waals surface area contributed by atoms with E-state index in [0.29, 0.717) is 38.2 Å². The van der Waals surface area contributed by atoms with E-state index in [2.05, 4.69) is 4.90 Å². The highest BCUT2D eigenvalue weighted by Crippen LogP contribution is 2.33. The van der Waals surface area contributed by atoms with Crippen LogP contribution in [0, 0.1) is 0 Å². The summed E-state index contributed by atoms with van der Waals surface area (Å²) < 4.78 is 28.6. The maximum atomic E-state index is 12.6. The normalized spacial score (nSPS) is 28.0. The number of carbonyl (C=O) groups excluding carboxylic acids is 2. The van der Waals surface area contributed by atoms with Crippen LogP contribution in [0.2, 0.25) is 0 Å². The number of fused-ring (bicyclic) bond motifs is 1. The van der Waals surface area contributed by atoms with Crippen molar-refractivity contribution in [2.75, 3.05) is 37.7 Å². The van der Waals surface area contributed by atoms with E-state index < -0.39 is 15.9 Å². The van der Waals surface area contributed by atoms with Crippen LogP contribution < -0.4 is 0 Å². The second-order valence-electron chi connectivity index (χ2n) is 7.16. The SMILES string of the molecule is O=C1OC(CC(=O)N2CCN(C3CCS(=O)(=O)C3)CC2)c2ccccc21. The van der Waals surface area contributed by atoms with Crippen molar-refractivity contribution >= 4 is 21.7 Å². The number of benzene rings is 1. The van der Waals surface area contributed by atoms with Crippen LogP contribution in [0.3, 0.4) is 0 Å². The molecule has 0 saturated carbocycles. The Morgan fingerprint density at radius 3 is 2.58 bits per heavy atom. The summed E-state index contributed by atoms with van der Waals surface area (Å²) in [6.45, 7) is 2.54. The van der Waals surface area contributed by atoms with Gasteiger partial charge in [-0.3, -0.25) is 9.69 Å². The Labute approximate surface area is 152 Å². The highest BCUT2D eigenvalue weighted by Gasteiger charge is 2.36. The number of piperazine rings is 1. The lowest BCUT2D eigenvalue weighted by atomic mass is 10.0. The molecule has 140 valence electrons. The van der Waals surface area contributed by atoms with Crippen LogP contribution in [0.1, 0.15) is 34.9 Å². The number of esters is 1. The first-order valence-corrected chi connectivity index (χ1v) is 10.8. The minimum Gasteiger partial charge on any atom is -0.453 e. The molecule has 3 aliphatic heterocycles. The summed E-state index contributed by atoms with van der Waals surface area (Å²) in [4.78, 5) is 28.5. The molecule has 26 heavy (non-hydrogen) atoms. The third kappa shape index (κ3) is 3.35. The molecule has 2 saturated heterocycles. The maximum absolute atomic E-state index is 12.6. The van der Waals surface area contributed by atoms with Gasteiger partial charge >= 0.3 is 5.97 Å². The molecule has 2 atom stereocenters. The number of ether oxygens (including phenoxy) is 1. The average molecular weight is 378 g/mol. The van der Waals surface area contributed by atoms with E-state index in [1.54, 1.807) is 17.0 Å². The van der Waals surface area contributed by atoms with Gasteiger partial charge < -0.3 is 9.64 Å². The fourth-order valence-electron chi connectivity index (χ4n) is 4.06. The molecule has 8 heteroatoms. The molecule has 0 aromatic heterocycles. The minimum absolute atomic E-state index is 0.0294. The molecule has 3 heterocycles. The number of hydrogen-bond donors (Lipinski definition) is 0. The molecule has 0 radical (unpaired) electrons. The summed E-state index contributed by atoms with van der Waals surface area (Å²) in [6, 6.07) is 7.26. The lowest BCUT2D eigenvalue weighted by Gasteiger charge is -2.37. The molecule has 3 aliphatic rings. The Bertz CT molecular complexity index is 830. The van der Waals surface area contributed by atoms with E-state index in [9.17, 15) is 18.0 Å². The predicted molar refractivity (Wildman–Crippen MR) is 94.4 cm³/mol. The van der Waals surface area contributed by atoms with Crippen LogP contribution in [-0.2, 0) is 19.4 Å². The van der Waals surface area contributed by atoms with E-state index in [1.807, 2.05) is 12.1 Å². The second kappa shape index (κ2) is 6.66. The van der Waals surface area contributed by atoms with E-state index >= 15 is 0 Å². The van der Waals surface area contributed by atoms with Gasteiger partial charge in [0.25, 0.3) is 0 Å². The highest BCUT2D eigenvalue weighted by molar-refractivity contribution is 7.91. The minimum atomic E-state index is -2.89. The smallest absolute Gasteiger partial charge is 0.339 e. The quantitative estimate of drug-likeness (QED) is 0.717. The van der Waals surface area contributed by atoms with Crippen molar-refractivity contribution in [1.82, 2.24) is 9.80 Å². The molecule has 1 amide bonds. The van der Waals surface area contributed by atoms with Gasteiger partial charge in [0, 0.05) is 37.8 Å². The van der Waals surface area contributed by atoms with E-state index in [4.69, 9.17) is 4.74 Å². The lowest BCUT2D eigenvalue weighted by molar-refractivity contribution is -0.135. The monoisotopic (exact) mass is 378 g/mol. The predicted octanol–water partition coefficient (Wildman–Crippen LogP) is 0.620. The Balaban J connectivity index is 1.33. The molecular formula is C18H22N2O5S. The summed E-state index contributed by atoms with van der Waals surface area (Å²) in [6.07, 6.45) is 0.329. The van der Waals surface area contributed by atoms with Crippen LogP contribution in [0.15, 0.2) is 24.3 Å². The molecule has 0 N–H and O–H groups in total. The van der Waals surface area contributed by atoms with Crippen LogP contribution in [0.5, 0.6) is 0 Å². The summed E-state index contributed by atoms with van der Waals surface area (Å²) in [5, 5.41) is 0. The molecule has 1 aromatic carbocycles. The number of hydrogen-bond acceptors (Lipinski definition) is 6. The average Bonchev–Trinajstić information content (AvgIpc) is 3.15. The van der Waals surface area contributed by atoms with E-state index in [0.717, 1.165) is 5.56 Å². The van der Waals surface area contributed by atoms with Gasteiger partial charge in [0.2, 0.25) is 5.91 Å². The van der Waals surface area contributed by atoms with Crippen LogP contribution in [0.25, 0.3) is 0 Å². The van der Waals surface area contributed by atoms with E-state index in [1.165, 1.54) is 0 Å². The molecule has 4 rings (SSSR count). The number of sulfone groups is 1. The summed E-state index contributed by atoms with van der Waals surface area (Å²) >= 11 is 0. The number of carbonyl (C=O) groups is 2. The van der Waals surface area contributed by atoms with E-state index in [-0.39, 0.29) is 35.8 Å². The van der Waals surface area contributed by atoms with Crippen molar-refractivity contribution in [3.05, 3.63) is 35.4 Å². The second-order valence-corrected chi connectivity index (χ2v) is 9.39. The van der Waals surface area contributed by atoms with Gasteiger partial charge in [-0.05, 0) is 12.5 Å². The first-order chi connectivity index (χ1) is 12.4. The summed E-state index contributed by atoms with van der Waals surface area (Å²) in [7, 11) is -2.89. The Hall–Kier alpha value is -1.93. The largest absolute Gasteiger partial charge is 0.453 e. The van der Waals surface area contributed by atoms with Gasteiger partial charge in [0.05, 0.1) is 23.5 Å². The molecule has 0 spiro atoms. The standard InChI is InChI=1S/C18H22N2O5S/c21-17(11-16-14-3-1-2-4-15(14)18(22)25-16)20-8-6-19(7-9-20)13-5-10-26(23,24)12-13/h1-4,13,16H,5-12H2. The Morgan fingerprint density at radius 1 is 1.15 bits per heavy atom. The van der Waals surface area contributed by atoms with Crippen LogP contribution in [-0.4, -0.2) is 73.8 Å². The number of cyclic esters (lactones) is 1. The van der Waals surface area contributed by atoms with Crippen molar-refractivity contribution < 1.29 is 22.7 Å². The van der Waals surface area contributed by atoms with Gasteiger partial charge in [0.1, 0.15) is 6.10 Å². The zero-order valence-electron chi connectivity index (χ0n) is 14.5. The zero-order valence-corrected chi connectivity index (χ0v) is 15.3. The third-order valence-corrected chi connectivity index (χ3v) is 7.28. The third-order valence-electron chi connectivity index (χ3n) is 5.53. The number of amides is 1. The fourth-order valence-corrected chi connectivity index (χ4v) is 5.82. The maximum Gasteiger partial charge on any atom is 0.339 e. The van der Waals surface area contributed by atoms with Gasteiger partial charge in [0.15, 0.2) is 9.84 Å². The molecule has 0 bridgehead atoms. The zero-order chi connectivity index (χ0) is 18.3. The molecular weight excluding hydrogens is 356 g/mol. The Morgan fingerprint density at radius 2 is 1.88 bits per heavy atom. The Kier molecular flexibility index (Phi) is 4.48. The van der Waals surface area contributed by atoms with Crippen molar-refractivity contribution in [3.63, 3.8) is 0 Å². The molecule has 2 unspecified atom stereocenters. The van der Waals surface area contributed by atoms with Crippen molar-refractivity contribution in [2.45, 2.75) is 25.0 Å². The van der Waals surface area contributed by atoms with Crippen molar-refractivity contribution in [1.29, 1.82) is 0 Å². The fraction of sp³-hybridized carbons (Fsp3) is 0.556. The number of nitrogens with zero attached hydrogens (tertiary/aromatic N) is 2.